The second kappa shape index (κ2) is 6.91. The molecule has 0 aliphatic rings. The van der Waals surface area contributed by atoms with Crippen LogP contribution in [0.3, 0.4) is 0 Å². The third-order valence-corrected chi connectivity index (χ3v) is 2.22. The SMILES string of the molecule is CCCC(OC(C)C)[O][Al]([CH3])[CH3]. The molecule has 12 heavy (non-hydrogen) atoms. The summed E-state index contributed by atoms with van der Waals surface area (Å²) in [5, 5.41) is 0. The van der Waals surface area contributed by atoms with Crippen LogP contribution in [-0.2, 0) is 8.53 Å². The van der Waals surface area contributed by atoms with E-state index in [9.17, 15) is 0 Å². The van der Waals surface area contributed by atoms with Crippen LogP contribution >= 0.6 is 0 Å². The Hall–Kier alpha value is 0.452. The summed E-state index contributed by atoms with van der Waals surface area (Å²) >= 11 is -0.944. The molecular formula is C9H21AlO2. The first kappa shape index (κ1) is 12.5. The minimum Gasteiger partial charge on any atom is -0.478 e. The molecule has 0 bridgehead atoms. The van der Waals surface area contributed by atoms with Gasteiger partial charge >= 0.3 is 14.5 Å². The number of rotatable bonds is 6. The van der Waals surface area contributed by atoms with E-state index < -0.39 is 14.5 Å². The van der Waals surface area contributed by atoms with Crippen LogP contribution in [0.2, 0.25) is 11.6 Å². The first-order valence-electron chi connectivity index (χ1n) is 4.87. The van der Waals surface area contributed by atoms with Crippen LogP contribution in [0.5, 0.6) is 0 Å². The van der Waals surface area contributed by atoms with Crippen molar-refractivity contribution in [3.05, 3.63) is 0 Å². The van der Waals surface area contributed by atoms with E-state index in [4.69, 9.17) is 8.53 Å². The summed E-state index contributed by atoms with van der Waals surface area (Å²) in [6.07, 6.45) is 2.46. The van der Waals surface area contributed by atoms with Gasteiger partial charge in [0.15, 0.2) is 0 Å². The van der Waals surface area contributed by atoms with E-state index in [2.05, 4.69) is 18.5 Å². The average Bonchev–Trinajstić information content (AvgIpc) is 1.84. The summed E-state index contributed by atoms with van der Waals surface area (Å²) < 4.78 is 11.3. The van der Waals surface area contributed by atoms with Gasteiger partial charge in [-0.15, -0.1) is 0 Å². The van der Waals surface area contributed by atoms with E-state index in [1.165, 1.54) is 0 Å². The Morgan fingerprint density at radius 3 is 2.17 bits per heavy atom. The normalized spacial score (nSPS) is 13.5. The van der Waals surface area contributed by atoms with Crippen molar-refractivity contribution in [1.29, 1.82) is 0 Å². The first-order chi connectivity index (χ1) is 5.56. The van der Waals surface area contributed by atoms with Crippen molar-refractivity contribution < 1.29 is 8.53 Å². The molecule has 0 fully saturated rings. The summed E-state index contributed by atoms with van der Waals surface area (Å²) in [5.74, 6) is 4.35. The smallest absolute Gasteiger partial charge is 0.455 e. The van der Waals surface area contributed by atoms with E-state index in [1.54, 1.807) is 0 Å². The largest absolute Gasteiger partial charge is 0.478 e. The Kier molecular flexibility index (Phi) is 7.17. The molecule has 0 N–H and O–H groups in total. The van der Waals surface area contributed by atoms with Crippen LogP contribution in [0.25, 0.3) is 0 Å². The zero-order valence-corrected chi connectivity index (χ0v) is 10.1. The second-order valence-corrected chi connectivity index (χ2v) is 5.96. The summed E-state index contributed by atoms with van der Waals surface area (Å²) in [5.41, 5.74) is 0. The highest BCUT2D eigenvalue weighted by Gasteiger charge is 2.14. The molecule has 0 aromatic carbocycles. The van der Waals surface area contributed by atoms with Gasteiger partial charge in [0.25, 0.3) is 0 Å². The van der Waals surface area contributed by atoms with Crippen LogP contribution < -0.4 is 0 Å². The fourth-order valence-electron chi connectivity index (χ4n) is 1.01. The molecule has 0 saturated carbocycles. The van der Waals surface area contributed by atoms with Crippen molar-refractivity contribution in [2.75, 3.05) is 0 Å². The average molecular weight is 188 g/mol. The lowest BCUT2D eigenvalue weighted by atomic mass is 10.3. The van der Waals surface area contributed by atoms with Gasteiger partial charge in [0.05, 0.1) is 6.10 Å². The third-order valence-electron chi connectivity index (χ3n) is 1.37. The van der Waals surface area contributed by atoms with Crippen LogP contribution in [0, 0.1) is 0 Å². The standard InChI is InChI=1S/C7H15O2.2CH3.Al/c1-4-5-7(8)9-6(2)3;;;/h6-7H,4-5H2,1-3H3;2*1H3;/q-1;;;+1. The molecule has 0 aromatic heterocycles. The van der Waals surface area contributed by atoms with Gasteiger partial charge in [-0.2, -0.15) is 0 Å². The maximum atomic E-state index is 5.72. The maximum absolute atomic E-state index is 5.72. The molecule has 2 nitrogen and oxygen atoms in total. The molecule has 0 spiro atoms. The number of hydrogen-bond donors (Lipinski definition) is 0. The highest BCUT2D eigenvalue weighted by Crippen LogP contribution is 2.08. The molecule has 0 saturated heterocycles. The Labute approximate surface area is 81.0 Å². The lowest BCUT2D eigenvalue weighted by Crippen LogP contribution is -2.26. The predicted molar refractivity (Wildman–Crippen MR) is 53.5 cm³/mol. The van der Waals surface area contributed by atoms with Gasteiger partial charge in [0, 0.05) is 0 Å². The minimum absolute atomic E-state index is 0.0432. The van der Waals surface area contributed by atoms with Crippen LogP contribution in [0.4, 0.5) is 0 Å². The second-order valence-electron chi connectivity index (χ2n) is 3.59. The highest BCUT2D eigenvalue weighted by atomic mass is 27.2. The van der Waals surface area contributed by atoms with Crippen molar-refractivity contribution in [1.82, 2.24) is 0 Å². The minimum atomic E-state index is -0.944. The van der Waals surface area contributed by atoms with Gasteiger partial charge in [-0.3, -0.25) is 0 Å². The van der Waals surface area contributed by atoms with Gasteiger partial charge in [-0.25, -0.2) is 0 Å². The summed E-state index contributed by atoms with van der Waals surface area (Å²) in [6.45, 7) is 6.25. The number of hydrogen-bond acceptors (Lipinski definition) is 2. The molecule has 0 aromatic rings. The van der Waals surface area contributed by atoms with Crippen LogP contribution in [0.15, 0.2) is 0 Å². The highest BCUT2D eigenvalue weighted by molar-refractivity contribution is 6.48. The third kappa shape index (κ3) is 7.12. The van der Waals surface area contributed by atoms with E-state index in [-0.39, 0.29) is 12.4 Å². The van der Waals surface area contributed by atoms with Gasteiger partial charge in [0.1, 0.15) is 6.29 Å². The topological polar surface area (TPSA) is 18.5 Å². The Morgan fingerprint density at radius 1 is 1.25 bits per heavy atom. The first-order valence-corrected chi connectivity index (χ1v) is 7.65. The maximum Gasteiger partial charge on any atom is 0.455 e. The van der Waals surface area contributed by atoms with E-state index in [0.717, 1.165) is 12.8 Å². The van der Waals surface area contributed by atoms with Gasteiger partial charge in [-0.1, -0.05) is 24.9 Å². The molecule has 3 heteroatoms. The van der Waals surface area contributed by atoms with Crippen molar-refractivity contribution >= 4 is 14.5 Å². The zero-order valence-electron chi connectivity index (χ0n) is 8.96. The Bertz CT molecular complexity index is 94.7. The van der Waals surface area contributed by atoms with E-state index in [1.807, 2.05) is 13.8 Å². The van der Waals surface area contributed by atoms with Gasteiger partial charge in [-0.05, 0) is 20.3 Å². The molecule has 1 unspecified atom stereocenters. The summed E-state index contributed by atoms with van der Waals surface area (Å²) in [6, 6.07) is 0. The van der Waals surface area contributed by atoms with E-state index >= 15 is 0 Å². The summed E-state index contributed by atoms with van der Waals surface area (Å²) in [7, 11) is 0. The molecule has 0 heterocycles. The van der Waals surface area contributed by atoms with Crippen molar-refractivity contribution in [3.8, 4) is 0 Å². The fraction of sp³-hybridized carbons (Fsp3) is 1.00. The lowest BCUT2D eigenvalue weighted by molar-refractivity contribution is -0.113. The molecule has 72 valence electrons. The molecule has 1 atom stereocenters. The molecule has 0 amide bonds. The molecule has 0 aliphatic carbocycles. The fourth-order valence-corrected chi connectivity index (χ4v) is 1.82. The molecule has 0 radical (unpaired) electrons. The summed E-state index contributed by atoms with van der Waals surface area (Å²) in [4.78, 5) is 0. The molecular weight excluding hydrogens is 167 g/mol. The molecule has 0 aliphatic heterocycles. The van der Waals surface area contributed by atoms with Crippen molar-refractivity contribution in [2.24, 2.45) is 0 Å². The van der Waals surface area contributed by atoms with Crippen molar-refractivity contribution in [2.45, 2.75) is 57.6 Å². The lowest BCUT2D eigenvalue weighted by Gasteiger charge is -2.22. The zero-order chi connectivity index (χ0) is 9.56. The number of ether oxygens (including phenoxy) is 1. The quantitative estimate of drug-likeness (QED) is 0.471. The van der Waals surface area contributed by atoms with Gasteiger partial charge in [0.2, 0.25) is 0 Å². The van der Waals surface area contributed by atoms with Gasteiger partial charge < -0.3 is 8.53 Å². The molecule has 0 rings (SSSR count). The van der Waals surface area contributed by atoms with Crippen molar-refractivity contribution in [3.63, 3.8) is 0 Å². The van der Waals surface area contributed by atoms with Crippen LogP contribution in [0.1, 0.15) is 33.6 Å². The Morgan fingerprint density at radius 2 is 1.83 bits per heavy atom. The van der Waals surface area contributed by atoms with E-state index in [0.29, 0.717) is 0 Å². The monoisotopic (exact) mass is 188 g/mol. The predicted octanol–water partition coefficient (Wildman–Crippen LogP) is 2.81. The van der Waals surface area contributed by atoms with Crippen LogP contribution in [-0.4, -0.2) is 26.9 Å². The Balaban J connectivity index is 3.69.